The Kier molecular flexibility index (Phi) is 7.61. The Hall–Kier alpha value is -2.13. The first-order chi connectivity index (χ1) is 12.6. The van der Waals surface area contributed by atoms with Crippen LogP contribution in [0.4, 0.5) is 0 Å². The summed E-state index contributed by atoms with van der Waals surface area (Å²) in [6.45, 7) is 4.86. The molecule has 3 heteroatoms. The summed E-state index contributed by atoms with van der Waals surface area (Å²) < 4.78 is 0. The Morgan fingerprint density at radius 2 is 1.07 bits per heavy atom. The summed E-state index contributed by atoms with van der Waals surface area (Å²) in [5.41, 5.74) is 3.04. The van der Waals surface area contributed by atoms with Crippen molar-refractivity contribution in [2.24, 2.45) is 0 Å². The minimum absolute atomic E-state index is 0. The van der Waals surface area contributed by atoms with Crippen molar-refractivity contribution in [2.75, 3.05) is 6.54 Å². The van der Waals surface area contributed by atoms with Crippen molar-refractivity contribution in [3.8, 4) is 0 Å². The van der Waals surface area contributed by atoms with Crippen LogP contribution in [0.15, 0.2) is 91.0 Å². The van der Waals surface area contributed by atoms with Crippen molar-refractivity contribution < 1.29 is 5.11 Å². The number of nitrogens with one attached hydrogen (secondary N) is 1. The van der Waals surface area contributed by atoms with Gasteiger partial charge >= 0.3 is 0 Å². The zero-order chi connectivity index (χ0) is 18.4. The standard InChI is InChI=1S/C24H27NO.ClH/c1-24(2,23(26)21-16-10-5-11-17-21)25-18-22(19-12-6-3-7-13-19)20-14-8-4-9-15-20;/h3-17,22-23,25-26H,18H2,1-2H3;1H. The van der Waals surface area contributed by atoms with E-state index in [1.807, 2.05) is 42.5 Å². The molecule has 0 fully saturated rings. The van der Waals surface area contributed by atoms with E-state index in [0.717, 1.165) is 12.1 Å². The first kappa shape index (κ1) is 21.2. The van der Waals surface area contributed by atoms with Gasteiger partial charge in [0.1, 0.15) is 0 Å². The third kappa shape index (κ3) is 5.43. The lowest BCUT2D eigenvalue weighted by molar-refractivity contribution is 0.0799. The SMILES string of the molecule is CC(C)(NCC(c1ccccc1)c1ccccc1)C(O)c1ccccc1.Cl. The van der Waals surface area contributed by atoms with Crippen LogP contribution in [0.5, 0.6) is 0 Å². The van der Waals surface area contributed by atoms with E-state index < -0.39 is 11.6 Å². The molecule has 1 atom stereocenters. The van der Waals surface area contributed by atoms with Gasteiger partial charge in [-0.1, -0.05) is 91.0 Å². The highest BCUT2D eigenvalue weighted by atomic mass is 35.5. The summed E-state index contributed by atoms with van der Waals surface area (Å²) in [5, 5.41) is 14.4. The maximum atomic E-state index is 10.8. The maximum absolute atomic E-state index is 10.8. The Morgan fingerprint density at radius 3 is 1.48 bits per heavy atom. The van der Waals surface area contributed by atoms with Crippen molar-refractivity contribution in [2.45, 2.75) is 31.4 Å². The smallest absolute Gasteiger partial charge is 0.0966 e. The first-order valence-corrected chi connectivity index (χ1v) is 9.16. The zero-order valence-corrected chi connectivity index (χ0v) is 16.7. The lowest BCUT2D eigenvalue weighted by Crippen LogP contribution is -2.46. The molecule has 0 aliphatic rings. The van der Waals surface area contributed by atoms with E-state index >= 15 is 0 Å². The number of hydrogen-bond donors (Lipinski definition) is 2. The average molecular weight is 382 g/mol. The van der Waals surface area contributed by atoms with E-state index in [1.54, 1.807) is 0 Å². The van der Waals surface area contributed by atoms with Gasteiger partial charge in [-0.2, -0.15) is 0 Å². The fourth-order valence-corrected chi connectivity index (χ4v) is 3.31. The van der Waals surface area contributed by atoms with E-state index in [1.165, 1.54) is 11.1 Å². The molecule has 142 valence electrons. The highest BCUT2D eigenvalue weighted by Gasteiger charge is 2.29. The Bertz CT molecular complexity index is 751. The summed E-state index contributed by atoms with van der Waals surface area (Å²) in [5.74, 6) is 0.236. The summed E-state index contributed by atoms with van der Waals surface area (Å²) in [7, 11) is 0. The largest absolute Gasteiger partial charge is 0.387 e. The third-order valence-corrected chi connectivity index (χ3v) is 4.96. The highest BCUT2D eigenvalue weighted by molar-refractivity contribution is 5.85. The number of benzene rings is 3. The third-order valence-electron chi connectivity index (χ3n) is 4.96. The van der Waals surface area contributed by atoms with Crippen LogP contribution in [0.2, 0.25) is 0 Å². The van der Waals surface area contributed by atoms with Crippen molar-refractivity contribution in [1.29, 1.82) is 0 Å². The van der Waals surface area contributed by atoms with Crippen LogP contribution in [0.3, 0.4) is 0 Å². The molecule has 3 rings (SSSR count). The minimum Gasteiger partial charge on any atom is -0.387 e. The molecule has 0 aliphatic carbocycles. The van der Waals surface area contributed by atoms with Gasteiger partial charge in [-0.15, -0.1) is 12.4 Å². The molecule has 27 heavy (non-hydrogen) atoms. The Balaban J connectivity index is 0.00000261. The molecule has 0 saturated heterocycles. The van der Waals surface area contributed by atoms with Crippen molar-refractivity contribution in [3.63, 3.8) is 0 Å². The molecule has 0 radical (unpaired) electrons. The van der Waals surface area contributed by atoms with Crippen LogP contribution < -0.4 is 5.32 Å². The molecule has 1 unspecified atom stereocenters. The number of aliphatic hydroxyl groups is 1. The quantitative estimate of drug-likeness (QED) is 0.578. The number of halogens is 1. The van der Waals surface area contributed by atoms with Crippen LogP contribution in [0, 0.1) is 0 Å². The lowest BCUT2D eigenvalue weighted by atomic mass is 9.87. The predicted molar refractivity (Wildman–Crippen MR) is 115 cm³/mol. The first-order valence-electron chi connectivity index (χ1n) is 9.16. The Labute approximate surface area is 168 Å². The Morgan fingerprint density at radius 1 is 0.704 bits per heavy atom. The van der Waals surface area contributed by atoms with Gasteiger partial charge in [0.25, 0.3) is 0 Å². The van der Waals surface area contributed by atoms with Gasteiger partial charge in [0, 0.05) is 18.0 Å². The zero-order valence-electron chi connectivity index (χ0n) is 15.9. The maximum Gasteiger partial charge on any atom is 0.0966 e. The van der Waals surface area contributed by atoms with Gasteiger partial charge in [-0.05, 0) is 30.5 Å². The molecule has 2 N–H and O–H groups in total. The van der Waals surface area contributed by atoms with Gasteiger partial charge in [-0.3, -0.25) is 0 Å². The van der Waals surface area contributed by atoms with Crippen molar-refractivity contribution >= 4 is 12.4 Å². The van der Waals surface area contributed by atoms with Gasteiger partial charge in [0.2, 0.25) is 0 Å². The van der Waals surface area contributed by atoms with Crippen molar-refractivity contribution in [3.05, 3.63) is 108 Å². The summed E-state index contributed by atoms with van der Waals surface area (Å²) in [6, 6.07) is 30.9. The number of hydrogen-bond acceptors (Lipinski definition) is 2. The van der Waals surface area contributed by atoms with Crippen molar-refractivity contribution in [1.82, 2.24) is 5.32 Å². The van der Waals surface area contributed by atoms with E-state index in [-0.39, 0.29) is 18.3 Å². The lowest BCUT2D eigenvalue weighted by Gasteiger charge is -2.34. The highest BCUT2D eigenvalue weighted by Crippen LogP contribution is 2.28. The second-order valence-corrected chi connectivity index (χ2v) is 7.29. The van der Waals surface area contributed by atoms with Crippen LogP contribution >= 0.6 is 12.4 Å². The molecule has 3 aromatic carbocycles. The van der Waals surface area contributed by atoms with Crippen LogP contribution in [0.1, 0.15) is 42.6 Å². The topological polar surface area (TPSA) is 32.3 Å². The predicted octanol–water partition coefficient (Wildman–Crippen LogP) is 5.34. The fraction of sp³-hybridized carbons (Fsp3) is 0.250. The average Bonchev–Trinajstić information content (AvgIpc) is 2.70. The second-order valence-electron chi connectivity index (χ2n) is 7.29. The molecule has 0 heterocycles. The molecular weight excluding hydrogens is 354 g/mol. The number of rotatable bonds is 7. The van der Waals surface area contributed by atoms with E-state index in [9.17, 15) is 5.11 Å². The summed E-state index contributed by atoms with van der Waals surface area (Å²) in [4.78, 5) is 0. The van der Waals surface area contributed by atoms with Gasteiger partial charge in [-0.25, -0.2) is 0 Å². The monoisotopic (exact) mass is 381 g/mol. The van der Waals surface area contributed by atoms with E-state index in [0.29, 0.717) is 0 Å². The van der Waals surface area contributed by atoms with Crippen LogP contribution in [0.25, 0.3) is 0 Å². The van der Waals surface area contributed by atoms with E-state index in [2.05, 4.69) is 67.7 Å². The van der Waals surface area contributed by atoms with Gasteiger partial charge < -0.3 is 10.4 Å². The second kappa shape index (κ2) is 9.70. The molecule has 0 amide bonds. The molecule has 0 bridgehead atoms. The molecule has 2 nitrogen and oxygen atoms in total. The van der Waals surface area contributed by atoms with Crippen LogP contribution in [-0.4, -0.2) is 17.2 Å². The molecular formula is C24H28ClNO. The van der Waals surface area contributed by atoms with Crippen LogP contribution in [-0.2, 0) is 0 Å². The number of aliphatic hydroxyl groups excluding tert-OH is 1. The summed E-state index contributed by atoms with van der Waals surface area (Å²) in [6.07, 6.45) is -0.573. The molecule has 0 aliphatic heterocycles. The van der Waals surface area contributed by atoms with Gasteiger partial charge in [0.15, 0.2) is 0 Å². The molecule has 0 saturated carbocycles. The molecule has 0 spiro atoms. The molecule has 0 aromatic heterocycles. The minimum atomic E-state index is -0.573. The van der Waals surface area contributed by atoms with E-state index in [4.69, 9.17) is 0 Å². The molecule has 3 aromatic rings. The normalized spacial score (nSPS) is 12.4. The fourth-order valence-electron chi connectivity index (χ4n) is 3.31. The van der Waals surface area contributed by atoms with Gasteiger partial charge in [0.05, 0.1) is 6.10 Å². The summed E-state index contributed by atoms with van der Waals surface area (Å²) >= 11 is 0.